The highest BCUT2D eigenvalue weighted by Crippen LogP contribution is 2.40. The number of rotatable bonds is 3. The fourth-order valence-corrected chi connectivity index (χ4v) is 2.76. The summed E-state index contributed by atoms with van der Waals surface area (Å²) in [4.78, 5) is 4.23. The van der Waals surface area contributed by atoms with Gasteiger partial charge in [0.1, 0.15) is 11.4 Å². The van der Waals surface area contributed by atoms with Gasteiger partial charge in [0, 0.05) is 6.92 Å². The Bertz CT molecular complexity index is 808. The number of benzene rings is 1. The SMILES string of the molecule is CCOC(C)=Nc1c(N)c(C)nn1-c1c(Cl)cc(C(F)(F)F)cc1Cl. The summed E-state index contributed by atoms with van der Waals surface area (Å²) in [5.41, 5.74) is 5.74. The number of ether oxygens (including phenoxy) is 1. The number of nitrogens with zero attached hydrogens (tertiary/aromatic N) is 3. The van der Waals surface area contributed by atoms with Crippen molar-refractivity contribution < 1.29 is 17.9 Å². The van der Waals surface area contributed by atoms with Gasteiger partial charge in [0.05, 0.1) is 27.9 Å². The molecule has 0 atom stereocenters. The molecule has 2 aromatic rings. The van der Waals surface area contributed by atoms with Crippen LogP contribution >= 0.6 is 23.2 Å². The highest BCUT2D eigenvalue weighted by Gasteiger charge is 2.32. The van der Waals surface area contributed by atoms with E-state index in [0.717, 1.165) is 12.1 Å². The zero-order valence-corrected chi connectivity index (χ0v) is 15.1. The van der Waals surface area contributed by atoms with Gasteiger partial charge in [-0.1, -0.05) is 23.2 Å². The van der Waals surface area contributed by atoms with E-state index in [0.29, 0.717) is 18.2 Å². The summed E-state index contributed by atoms with van der Waals surface area (Å²) in [5, 5.41) is 3.73. The van der Waals surface area contributed by atoms with Crippen molar-refractivity contribution in [2.45, 2.75) is 26.9 Å². The normalized spacial score (nSPS) is 12.6. The second kappa shape index (κ2) is 7.13. The average Bonchev–Trinajstić information content (AvgIpc) is 2.74. The first-order valence-electron chi connectivity index (χ1n) is 7.16. The van der Waals surface area contributed by atoms with Gasteiger partial charge in [0.25, 0.3) is 0 Å². The minimum absolute atomic E-state index is 0.0548. The molecule has 25 heavy (non-hydrogen) atoms. The number of aromatic nitrogens is 2. The van der Waals surface area contributed by atoms with E-state index in [1.165, 1.54) is 4.68 Å². The second-order valence-electron chi connectivity index (χ2n) is 5.08. The molecule has 0 fully saturated rings. The third kappa shape index (κ3) is 4.01. The molecule has 0 amide bonds. The lowest BCUT2D eigenvalue weighted by Crippen LogP contribution is -2.07. The Morgan fingerprint density at radius 3 is 2.36 bits per heavy atom. The molecule has 0 saturated carbocycles. The van der Waals surface area contributed by atoms with Crippen molar-refractivity contribution in [1.82, 2.24) is 9.78 Å². The van der Waals surface area contributed by atoms with Gasteiger partial charge in [0.2, 0.25) is 0 Å². The summed E-state index contributed by atoms with van der Waals surface area (Å²) in [6.45, 7) is 5.43. The summed E-state index contributed by atoms with van der Waals surface area (Å²) in [6.07, 6.45) is -4.57. The van der Waals surface area contributed by atoms with E-state index in [1.54, 1.807) is 20.8 Å². The van der Waals surface area contributed by atoms with Crippen molar-refractivity contribution >= 4 is 40.6 Å². The number of hydrogen-bond donors (Lipinski definition) is 1. The molecule has 0 aliphatic rings. The van der Waals surface area contributed by atoms with Crippen LogP contribution in [0.25, 0.3) is 5.69 Å². The van der Waals surface area contributed by atoms with Crippen LogP contribution in [0, 0.1) is 6.92 Å². The van der Waals surface area contributed by atoms with Crippen molar-refractivity contribution in [3.05, 3.63) is 33.4 Å². The molecule has 136 valence electrons. The molecule has 0 spiro atoms. The minimum atomic E-state index is -4.57. The number of nitrogens with two attached hydrogens (primary N) is 1. The second-order valence-corrected chi connectivity index (χ2v) is 5.90. The lowest BCUT2D eigenvalue weighted by molar-refractivity contribution is -0.137. The summed E-state index contributed by atoms with van der Waals surface area (Å²) >= 11 is 12.1. The highest BCUT2D eigenvalue weighted by atomic mass is 35.5. The largest absolute Gasteiger partial charge is 0.481 e. The van der Waals surface area contributed by atoms with Crippen molar-refractivity contribution in [3.8, 4) is 5.69 Å². The molecule has 0 unspecified atom stereocenters. The molecule has 0 saturated heterocycles. The van der Waals surface area contributed by atoms with Crippen molar-refractivity contribution in [1.29, 1.82) is 0 Å². The topological polar surface area (TPSA) is 65.4 Å². The molecule has 0 bridgehead atoms. The molecule has 2 N–H and O–H groups in total. The van der Waals surface area contributed by atoms with Gasteiger partial charge in [-0.05, 0) is 26.0 Å². The Hall–Kier alpha value is -1.93. The van der Waals surface area contributed by atoms with E-state index < -0.39 is 11.7 Å². The first kappa shape index (κ1) is 19.4. The number of alkyl halides is 3. The van der Waals surface area contributed by atoms with Gasteiger partial charge in [-0.15, -0.1) is 0 Å². The van der Waals surface area contributed by atoms with Crippen LogP contribution in [0.4, 0.5) is 24.7 Å². The Kier molecular flexibility index (Phi) is 5.53. The molecule has 2 rings (SSSR count). The monoisotopic (exact) mass is 394 g/mol. The van der Waals surface area contributed by atoms with E-state index in [-0.39, 0.29) is 27.2 Å². The Labute approximate surface area is 152 Å². The summed E-state index contributed by atoms with van der Waals surface area (Å²) in [7, 11) is 0. The summed E-state index contributed by atoms with van der Waals surface area (Å²) in [5.74, 6) is 0.488. The van der Waals surface area contributed by atoms with Crippen LogP contribution < -0.4 is 5.73 Å². The molecule has 1 heterocycles. The van der Waals surface area contributed by atoms with Gasteiger partial charge in [0.15, 0.2) is 11.7 Å². The van der Waals surface area contributed by atoms with E-state index in [1.807, 2.05) is 0 Å². The first-order valence-corrected chi connectivity index (χ1v) is 7.91. The van der Waals surface area contributed by atoms with Gasteiger partial charge in [-0.3, -0.25) is 0 Å². The van der Waals surface area contributed by atoms with Gasteiger partial charge in [-0.25, -0.2) is 4.68 Å². The molecule has 1 aromatic heterocycles. The maximum absolute atomic E-state index is 12.9. The molecule has 0 aliphatic carbocycles. The van der Waals surface area contributed by atoms with Crippen LogP contribution in [0.15, 0.2) is 17.1 Å². The number of halogens is 5. The smallest absolute Gasteiger partial charge is 0.416 e. The third-order valence-corrected chi connectivity index (χ3v) is 3.83. The van der Waals surface area contributed by atoms with Crippen LogP contribution in [0.5, 0.6) is 0 Å². The van der Waals surface area contributed by atoms with E-state index in [9.17, 15) is 13.2 Å². The fraction of sp³-hybridized carbons (Fsp3) is 0.333. The van der Waals surface area contributed by atoms with Crippen LogP contribution in [-0.2, 0) is 10.9 Å². The Morgan fingerprint density at radius 1 is 1.32 bits per heavy atom. The van der Waals surface area contributed by atoms with Crippen LogP contribution in [-0.4, -0.2) is 22.3 Å². The predicted molar refractivity (Wildman–Crippen MR) is 92.1 cm³/mol. The number of anilines is 1. The third-order valence-electron chi connectivity index (χ3n) is 3.25. The minimum Gasteiger partial charge on any atom is -0.481 e. The van der Waals surface area contributed by atoms with Crippen LogP contribution in [0.1, 0.15) is 25.1 Å². The summed E-state index contributed by atoms with van der Waals surface area (Å²) < 4.78 is 45.1. The van der Waals surface area contributed by atoms with Crippen molar-refractivity contribution in [2.75, 3.05) is 12.3 Å². The molecular formula is C15H15Cl2F3N4O. The maximum atomic E-state index is 12.9. The van der Waals surface area contributed by atoms with Crippen LogP contribution in [0.3, 0.4) is 0 Å². The van der Waals surface area contributed by atoms with Crippen molar-refractivity contribution in [2.24, 2.45) is 4.99 Å². The fourth-order valence-electron chi connectivity index (χ4n) is 2.11. The molecule has 0 aliphatic heterocycles. The van der Waals surface area contributed by atoms with Crippen molar-refractivity contribution in [3.63, 3.8) is 0 Å². The molecular weight excluding hydrogens is 380 g/mol. The van der Waals surface area contributed by atoms with Gasteiger partial charge < -0.3 is 10.5 Å². The molecule has 0 radical (unpaired) electrons. The molecule has 5 nitrogen and oxygen atoms in total. The highest BCUT2D eigenvalue weighted by molar-refractivity contribution is 6.38. The Morgan fingerprint density at radius 2 is 1.88 bits per heavy atom. The number of hydrogen-bond acceptors (Lipinski definition) is 4. The number of aliphatic imine (C=N–C) groups is 1. The number of aryl methyl sites for hydroxylation is 1. The molecule has 10 heteroatoms. The quantitative estimate of drug-likeness (QED) is 0.576. The number of nitrogen functional groups attached to an aromatic ring is 1. The average molecular weight is 395 g/mol. The van der Waals surface area contributed by atoms with Gasteiger partial charge >= 0.3 is 6.18 Å². The Balaban J connectivity index is 2.68. The lowest BCUT2D eigenvalue weighted by Gasteiger charge is -2.13. The van der Waals surface area contributed by atoms with Gasteiger partial charge in [-0.2, -0.15) is 23.3 Å². The standard InChI is InChI=1S/C15H15Cl2F3N4O/c1-4-25-8(3)22-14-12(21)7(2)23-24(14)13-10(16)5-9(6-11(13)17)15(18,19)20/h5-6H,4,21H2,1-3H3. The lowest BCUT2D eigenvalue weighted by atomic mass is 10.2. The molecule has 1 aromatic carbocycles. The van der Waals surface area contributed by atoms with Crippen LogP contribution in [0.2, 0.25) is 10.0 Å². The van der Waals surface area contributed by atoms with E-state index in [4.69, 9.17) is 33.7 Å². The maximum Gasteiger partial charge on any atom is 0.416 e. The zero-order valence-electron chi connectivity index (χ0n) is 13.6. The van der Waals surface area contributed by atoms with E-state index >= 15 is 0 Å². The summed E-state index contributed by atoms with van der Waals surface area (Å²) in [6, 6.07) is 1.55. The zero-order chi connectivity index (χ0) is 18.9. The first-order chi connectivity index (χ1) is 11.6. The predicted octanol–water partition coefficient (Wildman–Crippen LogP) is 5.17. The van der Waals surface area contributed by atoms with E-state index in [2.05, 4.69) is 10.1 Å².